The number of aryl methyl sites for hydroxylation is 1. The maximum absolute atomic E-state index is 12.3. The number of carbonyl (C=O) groups excluding carboxylic acids is 1. The summed E-state index contributed by atoms with van der Waals surface area (Å²) in [7, 11) is 0. The van der Waals surface area contributed by atoms with Gasteiger partial charge < -0.3 is 11.1 Å². The maximum atomic E-state index is 12.3. The van der Waals surface area contributed by atoms with Gasteiger partial charge in [-0.1, -0.05) is 20.8 Å². The molecule has 0 bridgehead atoms. The predicted molar refractivity (Wildman–Crippen MR) is 76.7 cm³/mol. The Balaban J connectivity index is 2.94. The van der Waals surface area contributed by atoms with Crippen molar-refractivity contribution in [2.45, 2.75) is 52.5 Å². The predicted octanol–water partition coefficient (Wildman–Crippen LogP) is 3.28. The van der Waals surface area contributed by atoms with Gasteiger partial charge in [0.05, 0.1) is 0 Å². The van der Waals surface area contributed by atoms with Crippen LogP contribution in [-0.2, 0) is 0 Å². The van der Waals surface area contributed by atoms with E-state index < -0.39 is 0 Å². The van der Waals surface area contributed by atoms with Gasteiger partial charge in [-0.3, -0.25) is 4.79 Å². The Morgan fingerprint density at radius 3 is 2.17 bits per heavy atom. The molecule has 0 spiro atoms. The van der Waals surface area contributed by atoms with Gasteiger partial charge in [-0.15, -0.1) is 0 Å². The van der Waals surface area contributed by atoms with Crippen LogP contribution in [0.25, 0.3) is 0 Å². The van der Waals surface area contributed by atoms with E-state index in [2.05, 4.69) is 26.1 Å². The van der Waals surface area contributed by atoms with Crippen LogP contribution in [0.15, 0.2) is 18.2 Å². The first-order valence-corrected chi connectivity index (χ1v) is 6.66. The molecule has 0 fully saturated rings. The van der Waals surface area contributed by atoms with Crippen molar-refractivity contribution < 1.29 is 4.79 Å². The monoisotopic (exact) mass is 248 g/mol. The third kappa shape index (κ3) is 3.25. The summed E-state index contributed by atoms with van der Waals surface area (Å²) >= 11 is 0. The fourth-order valence-corrected chi connectivity index (χ4v) is 2.27. The van der Waals surface area contributed by atoms with Gasteiger partial charge in [-0.25, -0.2) is 0 Å². The highest BCUT2D eigenvalue weighted by atomic mass is 16.1. The van der Waals surface area contributed by atoms with Crippen molar-refractivity contribution in [2.24, 2.45) is 0 Å². The topological polar surface area (TPSA) is 55.1 Å². The van der Waals surface area contributed by atoms with E-state index >= 15 is 0 Å². The lowest BCUT2D eigenvalue weighted by Crippen LogP contribution is -2.47. The maximum Gasteiger partial charge on any atom is 0.251 e. The standard InChI is InChI=1S/C15H24N2O/c1-5-15(6-2,7-3)17-14(18)12-8-11(4)9-13(16)10-12/h8-10H,5-7,16H2,1-4H3,(H,17,18). The number of nitrogen functional groups attached to an aromatic ring is 1. The average molecular weight is 248 g/mol. The molecule has 0 heterocycles. The van der Waals surface area contributed by atoms with Gasteiger partial charge >= 0.3 is 0 Å². The first-order valence-electron chi connectivity index (χ1n) is 6.66. The Hall–Kier alpha value is -1.51. The van der Waals surface area contributed by atoms with Gasteiger partial charge in [0.15, 0.2) is 0 Å². The smallest absolute Gasteiger partial charge is 0.251 e. The molecule has 0 saturated heterocycles. The molecular weight excluding hydrogens is 224 g/mol. The summed E-state index contributed by atoms with van der Waals surface area (Å²) in [5.74, 6) is -0.0315. The van der Waals surface area contributed by atoms with Crippen molar-refractivity contribution in [3.8, 4) is 0 Å². The number of nitrogens with two attached hydrogens (primary N) is 1. The molecule has 0 saturated carbocycles. The van der Waals surface area contributed by atoms with Gasteiger partial charge in [0.2, 0.25) is 0 Å². The van der Waals surface area contributed by atoms with Crippen LogP contribution >= 0.6 is 0 Å². The SMILES string of the molecule is CCC(CC)(CC)NC(=O)c1cc(C)cc(N)c1. The lowest BCUT2D eigenvalue weighted by atomic mass is 9.89. The first-order chi connectivity index (χ1) is 8.46. The van der Waals surface area contributed by atoms with Crippen LogP contribution in [0.2, 0.25) is 0 Å². The summed E-state index contributed by atoms with van der Waals surface area (Å²) in [6.45, 7) is 8.27. The molecule has 0 atom stereocenters. The lowest BCUT2D eigenvalue weighted by molar-refractivity contribution is 0.0888. The van der Waals surface area contributed by atoms with Crippen LogP contribution in [0.1, 0.15) is 56.0 Å². The minimum Gasteiger partial charge on any atom is -0.399 e. The van der Waals surface area contributed by atoms with Crippen molar-refractivity contribution in [1.29, 1.82) is 0 Å². The summed E-state index contributed by atoms with van der Waals surface area (Å²) in [4.78, 5) is 12.3. The van der Waals surface area contributed by atoms with Crippen molar-refractivity contribution >= 4 is 11.6 Å². The van der Waals surface area contributed by atoms with Gasteiger partial charge in [0.25, 0.3) is 5.91 Å². The summed E-state index contributed by atoms with van der Waals surface area (Å²) in [6, 6.07) is 5.47. The summed E-state index contributed by atoms with van der Waals surface area (Å²) in [6.07, 6.45) is 2.81. The molecule has 3 heteroatoms. The summed E-state index contributed by atoms with van der Waals surface area (Å²) in [5.41, 5.74) is 7.97. The fourth-order valence-electron chi connectivity index (χ4n) is 2.27. The molecule has 0 aliphatic rings. The summed E-state index contributed by atoms with van der Waals surface area (Å²) in [5, 5.41) is 3.16. The van der Waals surface area contributed by atoms with E-state index in [0.717, 1.165) is 24.8 Å². The van der Waals surface area contributed by atoms with Gasteiger partial charge in [-0.2, -0.15) is 0 Å². The lowest BCUT2D eigenvalue weighted by Gasteiger charge is -2.31. The zero-order chi connectivity index (χ0) is 13.8. The highest BCUT2D eigenvalue weighted by Gasteiger charge is 2.26. The molecule has 1 amide bonds. The Morgan fingerprint density at radius 2 is 1.72 bits per heavy atom. The van der Waals surface area contributed by atoms with Gasteiger partial charge in [0, 0.05) is 16.8 Å². The fraction of sp³-hybridized carbons (Fsp3) is 0.533. The van der Waals surface area contributed by atoms with E-state index in [4.69, 9.17) is 5.73 Å². The second-order valence-electron chi connectivity index (χ2n) is 4.93. The zero-order valence-electron chi connectivity index (χ0n) is 11.8. The number of rotatable bonds is 5. The highest BCUT2D eigenvalue weighted by molar-refractivity contribution is 5.95. The Morgan fingerprint density at radius 1 is 1.17 bits per heavy atom. The van der Waals surface area contributed by atoms with Crippen LogP contribution in [0.3, 0.4) is 0 Å². The Bertz CT molecular complexity index is 394. The summed E-state index contributed by atoms with van der Waals surface area (Å²) < 4.78 is 0. The third-order valence-corrected chi connectivity index (χ3v) is 3.77. The number of amides is 1. The molecule has 0 aromatic heterocycles. The number of hydrogen-bond acceptors (Lipinski definition) is 2. The second-order valence-corrected chi connectivity index (χ2v) is 4.93. The zero-order valence-corrected chi connectivity index (χ0v) is 11.8. The largest absolute Gasteiger partial charge is 0.399 e. The number of benzene rings is 1. The molecule has 1 rings (SSSR count). The van der Waals surface area contributed by atoms with Crippen molar-refractivity contribution in [3.63, 3.8) is 0 Å². The molecule has 0 unspecified atom stereocenters. The molecule has 0 aliphatic heterocycles. The quantitative estimate of drug-likeness (QED) is 0.786. The van der Waals surface area contributed by atoms with Gasteiger partial charge in [0.1, 0.15) is 0 Å². The Kier molecular flexibility index (Phi) is 4.76. The van der Waals surface area contributed by atoms with E-state index in [1.165, 1.54) is 0 Å². The van der Waals surface area contributed by atoms with Crippen LogP contribution in [-0.4, -0.2) is 11.4 Å². The van der Waals surface area contributed by atoms with E-state index in [9.17, 15) is 4.79 Å². The van der Waals surface area contributed by atoms with Crippen LogP contribution < -0.4 is 11.1 Å². The van der Waals surface area contributed by atoms with Crippen molar-refractivity contribution in [2.75, 3.05) is 5.73 Å². The molecule has 1 aromatic carbocycles. The normalized spacial score (nSPS) is 11.3. The molecule has 3 nitrogen and oxygen atoms in total. The minimum absolute atomic E-state index is 0.0315. The molecule has 1 aromatic rings. The van der Waals surface area contributed by atoms with E-state index in [1.54, 1.807) is 6.07 Å². The highest BCUT2D eigenvalue weighted by Crippen LogP contribution is 2.20. The number of anilines is 1. The van der Waals surface area contributed by atoms with E-state index in [1.807, 2.05) is 19.1 Å². The van der Waals surface area contributed by atoms with Crippen molar-refractivity contribution in [1.82, 2.24) is 5.32 Å². The number of hydrogen-bond donors (Lipinski definition) is 2. The van der Waals surface area contributed by atoms with Crippen LogP contribution in [0.5, 0.6) is 0 Å². The van der Waals surface area contributed by atoms with Crippen LogP contribution in [0.4, 0.5) is 5.69 Å². The molecular formula is C15H24N2O. The van der Waals surface area contributed by atoms with Crippen molar-refractivity contribution in [3.05, 3.63) is 29.3 Å². The minimum atomic E-state index is -0.102. The molecule has 18 heavy (non-hydrogen) atoms. The first kappa shape index (κ1) is 14.6. The van der Waals surface area contributed by atoms with E-state index in [0.29, 0.717) is 11.3 Å². The Labute approximate surface area is 110 Å². The average Bonchev–Trinajstić information content (AvgIpc) is 2.35. The molecule has 0 radical (unpaired) electrons. The molecule has 0 aliphatic carbocycles. The van der Waals surface area contributed by atoms with Gasteiger partial charge in [-0.05, 0) is 49.9 Å². The third-order valence-electron chi connectivity index (χ3n) is 3.77. The molecule has 100 valence electrons. The number of carbonyl (C=O) groups is 1. The second kappa shape index (κ2) is 5.89. The number of nitrogens with one attached hydrogen (secondary N) is 1. The molecule has 3 N–H and O–H groups in total. The van der Waals surface area contributed by atoms with E-state index in [-0.39, 0.29) is 11.4 Å². The van der Waals surface area contributed by atoms with Crippen LogP contribution in [0, 0.1) is 6.92 Å².